The molecule has 0 bridgehead atoms. The molecule has 3 aliphatic heterocycles. The number of aromatic nitrogens is 2. The molecule has 8 rings (SSSR count). The predicted molar refractivity (Wildman–Crippen MR) is 237 cm³/mol. The van der Waals surface area contributed by atoms with Crippen LogP contribution in [-0.2, 0) is 9.59 Å². The van der Waals surface area contributed by atoms with Crippen LogP contribution in [0.3, 0.4) is 0 Å². The Hall–Kier alpha value is -6.92. The standard InChI is InChI=1S/C47H48F4N10O4/c1-59(27-28-16-20-60(21-17-28)41-25-38(49)36(24-39(41)50)34-14-15-42(62)56-45(34)64)33-18-22-61(23-19-33)58-44(63)29-6-8-32(9-7-29)55-47-52-26-40(51)43(57-47)53-30-10-12-31(13-11-30)54-46(65)35-4-2-3-5-37(35)48/h2-13,24-26,28,33-34H,14-23,27H2,1H3,(H,54,65)(H,58,63)(H,56,62,64)(H2,52,53,55,57). The van der Waals surface area contributed by atoms with Crippen LogP contribution in [0.4, 0.5) is 52.1 Å². The molecule has 4 amide bonds. The number of imide groups is 1. The monoisotopic (exact) mass is 892 g/mol. The summed E-state index contributed by atoms with van der Waals surface area (Å²) < 4.78 is 59.1. The van der Waals surface area contributed by atoms with Gasteiger partial charge in [-0.2, -0.15) is 4.98 Å². The molecule has 3 aliphatic rings. The Morgan fingerprint density at radius 3 is 2.14 bits per heavy atom. The average Bonchev–Trinajstić information content (AvgIpc) is 3.30. The highest BCUT2D eigenvalue weighted by Gasteiger charge is 2.33. The summed E-state index contributed by atoms with van der Waals surface area (Å²) in [5, 5.41) is 12.7. The molecule has 18 heteroatoms. The first-order chi connectivity index (χ1) is 31.4. The number of nitrogens with zero attached hydrogens (tertiary/aromatic N) is 5. The van der Waals surface area contributed by atoms with Crippen LogP contribution in [0.2, 0.25) is 0 Å². The van der Waals surface area contributed by atoms with Crippen molar-refractivity contribution in [2.75, 3.05) is 60.6 Å². The van der Waals surface area contributed by atoms with Gasteiger partial charge in [0.1, 0.15) is 17.5 Å². The number of amides is 4. The third kappa shape index (κ3) is 10.9. The van der Waals surface area contributed by atoms with Gasteiger partial charge >= 0.3 is 0 Å². The summed E-state index contributed by atoms with van der Waals surface area (Å²) in [5.41, 5.74) is 5.00. The number of hydrazine groups is 1. The molecule has 5 aromatic rings. The van der Waals surface area contributed by atoms with Crippen LogP contribution in [0.25, 0.3) is 0 Å². The van der Waals surface area contributed by atoms with E-state index >= 15 is 8.78 Å². The van der Waals surface area contributed by atoms with E-state index in [2.05, 4.69) is 48.6 Å². The van der Waals surface area contributed by atoms with Crippen molar-refractivity contribution in [1.82, 2.24) is 30.6 Å². The number of hydrogen-bond donors (Lipinski definition) is 5. The normalized spacial score (nSPS) is 17.4. The number of rotatable bonds is 13. The number of piperidine rings is 3. The maximum absolute atomic E-state index is 15.3. The van der Waals surface area contributed by atoms with Gasteiger partial charge in [-0.25, -0.2) is 27.6 Å². The molecule has 0 aliphatic carbocycles. The lowest BCUT2D eigenvalue weighted by molar-refractivity contribution is -0.134. The molecule has 0 spiro atoms. The highest BCUT2D eigenvalue weighted by molar-refractivity contribution is 6.04. The Labute approximate surface area is 372 Å². The molecular weight excluding hydrogens is 845 g/mol. The van der Waals surface area contributed by atoms with Gasteiger partial charge in [-0.15, -0.1) is 0 Å². The van der Waals surface area contributed by atoms with Crippen molar-refractivity contribution in [3.05, 3.63) is 131 Å². The minimum Gasteiger partial charge on any atom is -0.369 e. The van der Waals surface area contributed by atoms with Crippen LogP contribution in [0.15, 0.2) is 91.1 Å². The van der Waals surface area contributed by atoms with Crippen molar-refractivity contribution in [2.24, 2.45) is 5.92 Å². The SMILES string of the molecule is CN(CC1CCN(c2cc(F)c(C3CCC(=O)NC3=O)cc2F)CC1)C1CCN(NC(=O)c2ccc(Nc3ncc(F)c(Nc4ccc(NC(=O)c5ccccc5F)cc4)n3)cc2)CC1. The molecule has 4 heterocycles. The average molecular weight is 893 g/mol. The maximum atomic E-state index is 15.3. The largest absolute Gasteiger partial charge is 0.369 e. The molecule has 338 valence electrons. The minimum absolute atomic E-state index is 0.0241. The quantitative estimate of drug-likeness (QED) is 0.0598. The second kappa shape index (κ2) is 19.9. The number of nitrogens with one attached hydrogen (secondary N) is 5. The van der Waals surface area contributed by atoms with Crippen LogP contribution in [0.1, 0.15) is 70.7 Å². The molecule has 0 saturated carbocycles. The van der Waals surface area contributed by atoms with Crippen molar-refractivity contribution < 1.29 is 36.7 Å². The van der Waals surface area contributed by atoms with Gasteiger partial charge in [0.25, 0.3) is 11.8 Å². The molecule has 1 atom stereocenters. The second-order valence-corrected chi connectivity index (χ2v) is 16.6. The Kier molecular flexibility index (Phi) is 13.6. The van der Waals surface area contributed by atoms with Crippen LogP contribution < -0.4 is 31.6 Å². The molecule has 65 heavy (non-hydrogen) atoms. The van der Waals surface area contributed by atoms with Crippen molar-refractivity contribution in [1.29, 1.82) is 0 Å². The third-order valence-electron chi connectivity index (χ3n) is 12.2. The molecule has 4 aromatic carbocycles. The number of hydrogen-bond acceptors (Lipinski definition) is 11. The molecule has 14 nitrogen and oxygen atoms in total. The van der Waals surface area contributed by atoms with Gasteiger partial charge in [-0.05, 0) is 112 Å². The summed E-state index contributed by atoms with van der Waals surface area (Å²) in [6, 6.07) is 21.4. The Bertz CT molecular complexity index is 2550. The zero-order chi connectivity index (χ0) is 45.6. The fourth-order valence-corrected chi connectivity index (χ4v) is 8.56. The van der Waals surface area contributed by atoms with E-state index in [9.17, 15) is 28.0 Å². The second-order valence-electron chi connectivity index (χ2n) is 16.6. The van der Waals surface area contributed by atoms with E-state index in [-0.39, 0.29) is 47.3 Å². The van der Waals surface area contributed by atoms with Gasteiger partial charge in [0.2, 0.25) is 17.8 Å². The van der Waals surface area contributed by atoms with Crippen molar-refractivity contribution in [2.45, 2.75) is 50.5 Å². The van der Waals surface area contributed by atoms with Gasteiger partial charge in [0, 0.05) is 79.4 Å². The zero-order valence-electron chi connectivity index (χ0n) is 35.6. The van der Waals surface area contributed by atoms with Gasteiger partial charge in [-0.1, -0.05) is 12.1 Å². The first-order valence-electron chi connectivity index (χ1n) is 21.5. The number of anilines is 6. The summed E-state index contributed by atoms with van der Waals surface area (Å²) in [5.74, 6) is -4.90. The Morgan fingerprint density at radius 1 is 0.754 bits per heavy atom. The van der Waals surface area contributed by atoms with Crippen LogP contribution in [0, 0.1) is 29.2 Å². The van der Waals surface area contributed by atoms with Gasteiger partial charge in [0.15, 0.2) is 11.6 Å². The van der Waals surface area contributed by atoms with Crippen molar-refractivity contribution in [3.63, 3.8) is 0 Å². The highest BCUT2D eigenvalue weighted by Crippen LogP contribution is 2.34. The Balaban J connectivity index is 0.759. The minimum atomic E-state index is -0.892. The molecular formula is C47H48F4N10O4. The van der Waals surface area contributed by atoms with Crippen LogP contribution in [0.5, 0.6) is 0 Å². The van der Waals surface area contributed by atoms with E-state index in [1.54, 1.807) is 54.6 Å². The number of benzene rings is 4. The fourth-order valence-electron chi connectivity index (χ4n) is 8.56. The fraction of sp³-hybridized carbons (Fsp3) is 0.319. The maximum Gasteiger partial charge on any atom is 0.265 e. The number of halogens is 4. The van der Waals surface area contributed by atoms with Crippen LogP contribution >= 0.6 is 0 Å². The molecule has 0 radical (unpaired) electrons. The summed E-state index contributed by atoms with van der Waals surface area (Å²) in [4.78, 5) is 61.9. The predicted octanol–water partition coefficient (Wildman–Crippen LogP) is 7.25. The lowest BCUT2D eigenvalue weighted by atomic mass is 9.89. The first kappa shape index (κ1) is 44.7. The molecule has 5 N–H and O–H groups in total. The smallest absolute Gasteiger partial charge is 0.265 e. The van der Waals surface area contributed by atoms with E-state index in [0.717, 1.165) is 44.5 Å². The summed E-state index contributed by atoms with van der Waals surface area (Å²) >= 11 is 0. The summed E-state index contributed by atoms with van der Waals surface area (Å²) in [6.45, 7) is 3.37. The van der Waals surface area contributed by atoms with Crippen molar-refractivity contribution >= 4 is 58.1 Å². The van der Waals surface area contributed by atoms with E-state index < -0.39 is 46.9 Å². The van der Waals surface area contributed by atoms with Crippen LogP contribution in [-0.4, -0.2) is 89.3 Å². The van der Waals surface area contributed by atoms with E-state index in [0.29, 0.717) is 60.8 Å². The zero-order valence-corrected chi connectivity index (χ0v) is 35.6. The van der Waals surface area contributed by atoms with Gasteiger partial charge in [-0.3, -0.25) is 29.9 Å². The lowest BCUT2D eigenvalue weighted by Gasteiger charge is -2.40. The number of carbonyl (C=O) groups is 4. The third-order valence-corrected chi connectivity index (χ3v) is 12.2. The van der Waals surface area contributed by atoms with E-state index in [1.807, 2.05) is 9.91 Å². The summed E-state index contributed by atoms with van der Waals surface area (Å²) in [7, 11) is 2.11. The Morgan fingerprint density at radius 2 is 1.43 bits per heavy atom. The highest BCUT2D eigenvalue weighted by atomic mass is 19.1. The van der Waals surface area contributed by atoms with E-state index in [1.165, 1.54) is 24.3 Å². The number of carbonyl (C=O) groups excluding carboxylic acids is 4. The van der Waals surface area contributed by atoms with E-state index in [4.69, 9.17) is 0 Å². The molecule has 3 saturated heterocycles. The molecule has 1 aromatic heterocycles. The van der Waals surface area contributed by atoms with Crippen molar-refractivity contribution in [3.8, 4) is 0 Å². The molecule has 1 unspecified atom stereocenters. The topological polar surface area (TPSA) is 164 Å². The van der Waals surface area contributed by atoms with Gasteiger partial charge < -0.3 is 25.8 Å². The summed E-state index contributed by atoms with van der Waals surface area (Å²) in [6.07, 6.45) is 4.62. The lowest BCUT2D eigenvalue weighted by Crippen LogP contribution is -2.51. The van der Waals surface area contributed by atoms with Gasteiger partial charge in [0.05, 0.1) is 23.4 Å². The molecule has 3 fully saturated rings. The first-order valence-corrected chi connectivity index (χ1v) is 21.5.